The highest BCUT2D eigenvalue weighted by molar-refractivity contribution is 7.99. The van der Waals surface area contributed by atoms with Crippen LogP contribution in [0, 0.1) is 0 Å². The van der Waals surface area contributed by atoms with E-state index in [0.717, 1.165) is 47.2 Å². The molecule has 1 saturated heterocycles. The first kappa shape index (κ1) is 19.6. The summed E-state index contributed by atoms with van der Waals surface area (Å²) in [6.45, 7) is 0.850. The number of rotatable bonds is 7. The van der Waals surface area contributed by atoms with Crippen molar-refractivity contribution in [3.05, 3.63) is 84.4 Å². The minimum absolute atomic E-state index is 0.0933. The van der Waals surface area contributed by atoms with Gasteiger partial charge >= 0.3 is 0 Å². The second-order valence-corrected chi connectivity index (χ2v) is 8.03. The molecule has 3 aromatic carbocycles. The third kappa shape index (κ3) is 5.40. The lowest BCUT2D eigenvalue weighted by Gasteiger charge is -2.13. The quantitative estimate of drug-likeness (QED) is 0.478. The zero-order valence-corrected chi connectivity index (χ0v) is 17.0. The van der Waals surface area contributed by atoms with Crippen LogP contribution in [0.3, 0.4) is 0 Å². The second-order valence-electron chi connectivity index (χ2n) is 6.96. The van der Waals surface area contributed by atoms with Crippen LogP contribution in [0.5, 0.6) is 0 Å². The van der Waals surface area contributed by atoms with Crippen molar-refractivity contribution in [1.82, 2.24) is 0 Å². The smallest absolute Gasteiger partial charge is 0.256 e. The van der Waals surface area contributed by atoms with Gasteiger partial charge in [0.1, 0.15) is 0 Å². The molecular weight excluding hydrogens is 380 g/mol. The molecule has 4 nitrogen and oxygen atoms in total. The molecule has 0 aromatic heterocycles. The Morgan fingerprint density at radius 1 is 0.897 bits per heavy atom. The number of para-hydroxylation sites is 1. The zero-order chi connectivity index (χ0) is 19.9. The summed E-state index contributed by atoms with van der Waals surface area (Å²) in [5, 5.41) is 6.35. The number of anilines is 3. The lowest BCUT2D eigenvalue weighted by Crippen LogP contribution is -2.14. The van der Waals surface area contributed by atoms with Crippen LogP contribution in [-0.2, 0) is 4.74 Å². The summed E-state index contributed by atoms with van der Waals surface area (Å²) < 4.78 is 5.70. The van der Waals surface area contributed by atoms with E-state index in [2.05, 4.69) is 10.6 Å². The van der Waals surface area contributed by atoms with E-state index in [1.54, 1.807) is 11.8 Å². The summed E-state index contributed by atoms with van der Waals surface area (Å²) >= 11 is 1.69. The molecule has 0 saturated carbocycles. The van der Waals surface area contributed by atoms with Crippen LogP contribution in [0.15, 0.2) is 83.8 Å². The third-order valence-electron chi connectivity index (χ3n) is 4.79. The number of ether oxygens (including phenoxy) is 1. The fourth-order valence-corrected chi connectivity index (χ4v) is 4.38. The van der Waals surface area contributed by atoms with Crippen molar-refractivity contribution < 1.29 is 9.53 Å². The Morgan fingerprint density at radius 3 is 2.34 bits per heavy atom. The lowest BCUT2D eigenvalue weighted by atomic mass is 10.2. The lowest BCUT2D eigenvalue weighted by molar-refractivity contribution is 0.102. The summed E-state index contributed by atoms with van der Waals surface area (Å²) in [4.78, 5) is 13.8. The summed E-state index contributed by atoms with van der Waals surface area (Å²) in [5.41, 5.74) is 3.47. The highest BCUT2D eigenvalue weighted by Gasteiger charge is 2.18. The molecule has 1 heterocycles. The fourth-order valence-electron chi connectivity index (χ4n) is 3.26. The Hall–Kier alpha value is -2.76. The highest BCUT2D eigenvalue weighted by atomic mass is 32.2. The molecule has 5 heteroatoms. The standard InChI is InChI=1S/C24H24N2O2S/c27-24(22-10-4-5-11-23(22)29-17-21-9-6-16-28-21)26-20-14-12-19(13-15-20)25-18-7-2-1-3-8-18/h1-5,7-8,10-15,21,25H,6,9,16-17H2,(H,26,27). The van der Waals surface area contributed by atoms with Crippen LogP contribution in [0.25, 0.3) is 0 Å². The zero-order valence-electron chi connectivity index (χ0n) is 16.1. The third-order valence-corrected chi connectivity index (χ3v) is 5.99. The largest absolute Gasteiger partial charge is 0.377 e. The molecule has 1 atom stereocenters. The van der Waals surface area contributed by atoms with Gasteiger partial charge < -0.3 is 15.4 Å². The average molecular weight is 405 g/mol. The molecule has 0 bridgehead atoms. The molecule has 1 fully saturated rings. The molecule has 1 aliphatic rings. The van der Waals surface area contributed by atoms with Gasteiger partial charge in [0.15, 0.2) is 0 Å². The Balaban J connectivity index is 1.38. The SMILES string of the molecule is O=C(Nc1ccc(Nc2ccccc2)cc1)c1ccccc1SCC1CCCO1. The van der Waals surface area contributed by atoms with E-state index in [1.165, 1.54) is 0 Å². The van der Waals surface area contributed by atoms with Crippen LogP contribution < -0.4 is 10.6 Å². The Kier molecular flexibility index (Phi) is 6.49. The Bertz CT molecular complexity index is 939. The van der Waals surface area contributed by atoms with Gasteiger partial charge in [-0.15, -0.1) is 11.8 Å². The molecule has 1 amide bonds. The predicted octanol–water partition coefficient (Wildman–Crippen LogP) is 5.95. The minimum atomic E-state index is -0.0933. The second kappa shape index (κ2) is 9.63. The number of amides is 1. The van der Waals surface area contributed by atoms with E-state index in [9.17, 15) is 4.79 Å². The van der Waals surface area contributed by atoms with Gasteiger partial charge in [-0.25, -0.2) is 0 Å². The fraction of sp³-hybridized carbons (Fsp3) is 0.208. The summed E-state index contributed by atoms with van der Waals surface area (Å²) in [7, 11) is 0. The number of thioether (sulfide) groups is 1. The predicted molar refractivity (Wildman–Crippen MR) is 120 cm³/mol. The van der Waals surface area contributed by atoms with Crippen LogP contribution >= 0.6 is 11.8 Å². The normalized spacial score (nSPS) is 15.8. The van der Waals surface area contributed by atoms with E-state index < -0.39 is 0 Å². The van der Waals surface area contributed by atoms with Gasteiger partial charge in [0.05, 0.1) is 11.7 Å². The van der Waals surface area contributed by atoms with Gasteiger partial charge in [0, 0.05) is 34.3 Å². The number of hydrogen-bond donors (Lipinski definition) is 2. The van der Waals surface area contributed by atoms with Crippen molar-refractivity contribution in [2.24, 2.45) is 0 Å². The van der Waals surface area contributed by atoms with Crippen molar-refractivity contribution >= 4 is 34.7 Å². The maximum absolute atomic E-state index is 12.8. The minimum Gasteiger partial charge on any atom is -0.377 e. The number of carbonyl (C=O) groups is 1. The molecule has 0 radical (unpaired) electrons. The van der Waals surface area contributed by atoms with Crippen LogP contribution in [0.2, 0.25) is 0 Å². The van der Waals surface area contributed by atoms with E-state index in [0.29, 0.717) is 11.7 Å². The van der Waals surface area contributed by atoms with Gasteiger partial charge in [0.2, 0.25) is 0 Å². The van der Waals surface area contributed by atoms with Crippen molar-refractivity contribution in [3.63, 3.8) is 0 Å². The first-order valence-electron chi connectivity index (χ1n) is 9.85. The Morgan fingerprint density at radius 2 is 1.59 bits per heavy atom. The van der Waals surface area contributed by atoms with E-state index in [4.69, 9.17) is 4.74 Å². The molecule has 1 unspecified atom stereocenters. The van der Waals surface area contributed by atoms with Gasteiger partial charge in [-0.05, 0) is 61.4 Å². The summed E-state index contributed by atoms with van der Waals surface area (Å²) in [6.07, 6.45) is 2.52. The molecule has 29 heavy (non-hydrogen) atoms. The monoisotopic (exact) mass is 404 g/mol. The molecular formula is C24H24N2O2S. The van der Waals surface area contributed by atoms with Crippen molar-refractivity contribution in [2.45, 2.75) is 23.8 Å². The van der Waals surface area contributed by atoms with E-state index in [-0.39, 0.29) is 5.91 Å². The first-order valence-corrected chi connectivity index (χ1v) is 10.8. The topological polar surface area (TPSA) is 50.4 Å². The average Bonchev–Trinajstić information content (AvgIpc) is 3.28. The van der Waals surface area contributed by atoms with Crippen molar-refractivity contribution in [3.8, 4) is 0 Å². The summed E-state index contributed by atoms with van der Waals surface area (Å²) in [5.74, 6) is 0.786. The van der Waals surface area contributed by atoms with E-state index >= 15 is 0 Å². The number of benzene rings is 3. The number of carbonyl (C=O) groups excluding carboxylic acids is 1. The molecule has 1 aliphatic heterocycles. The van der Waals surface area contributed by atoms with Crippen LogP contribution in [-0.4, -0.2) is 24.4 Å². The van der Waals surface area contributed by atoms with E-state index in [1.807, 2.05) is 78.9 Å². The summed E-state index contributed by atoms with van der Waals surface area (Å²) in [6, 6.07) is 25.5. The molecule has 3 aromatic rings. The molecule has 0 spiro atoms. The van der Waals surface area contributed by atoms with Crippen LogP contribution in [0.4, 0.5) is 17.1 Å². The highest BCUT2D eigenvalue weighted by Crippen LogP contribution is 2.27. The molecule has 4 rings (SSSR count). The molecule has 2 N–H and O–H groups in total. The van der Waals surface area contributed by atoms with Gasteiger partial charge in [-0.1, -0.05) is 30.3 Å². The molecule has 148 valence electrons. The number of hydrogen-bond acceptors (Lipinski definition) is 4. The Labute approximate surface area is 175 Å². The van der Waals surface area contributed by atoms with Gasteiger partial charge in [-0.3, -0.25) is 4.79 Å². The van der Waals surface area contributed by atoms with Gasteiger partial charge in [-0.2, -0.15) is 0 Å². The van der Waals surface area contributed by atoms with Gasteiger partial charge in [0.25, 0.3) is 5.91 Å². The maximum Gasteiger partial charge on any atom is 0.256 e. The maximum atomic E-state index is 12.8. The van der Waals surface area contributed by atoms with Crippen molar-refractivity contribution in [2.75, 3.05) is 23.0 Å². The van der Waals surface area contributed by atoms with Crippen LogP contribution in [0.1, 0.15) is 23.2 Å². The first-order chi connectivity index (χ1) is 14.3. The number of nitrogens with one attached hydrogen (secondary N) is 2. The van der Waals surface area contributed by atoms with Crippen molar-refractivity contribution in [1.29, 1.82) is 0 Å². The molecule has 0 aliphatic carbocycles.